The molecular formula is C17H16FN3O2. The van der Waals surface area contributed by atoms with E-state index in [0.717, 1.165) is 16.6 Å². The van der Waals surface area contributed by atoms with Gasteiger partial charge in [-0.1, -0.05) is 18.2 Å². The van der Waals surface area contributed by atoms with E-state index in [1.807, 2.05) is 19.1 Å². The van der Waals surface area contributed by atoms with Crippen LogP contribution in [-0.4, -0.2) is 15.9 Å². The Bertz CT molecular complexity index is 896. The Morgan fingerprint density at radius 2 is 1.83 bits per heavy atom. The van der Waals surface area contributed by atoms with Crippen molar-refractivity contribution in [1.82, 2.24) is 15.3 Å². The Kier molecular flexibility index (Phi) is 3.97. The quantitative estimate of drug-likeness (QED) is 0.692. The van der Waals surface area contributed by atoms with Crippen LogP contribution in [0.5, 0.6) is 0 Å². The topological polar surface area (TPSA) is 77.8 Å². The van der Waals surface area contributed by atoms with Crippen molar-refractivity contribution >= 4 is 16.9 Å². The molecule has 0 saturated heterocycles. The van der Waals surface area contributed by atoms with Crippen LogP contribution in [0.25, 0.3) is 11.0 Å². The fraction of sp³-hybridized carbons (Fsp3) is 0.176. The van der Waals surface area contributed by atoms with Gasteiger partial charge in [-0.25, -0.2) is 9.18 Å². The standard InChI is InChI=1S/C17H16FN3O2/c1-10(12-4-7-14-15(9-12)21-17(23)20-14)19-16(22)8-11-2-5-13(18)6-3-11/h2-7,9-10H,8H2,1H3,(H,19,22)(H2,20,21,23)/t10-/m1/s1. The lowest BCUT2D eigenvalue weighted by molar-refractivity contribution is -0.121. The highest BCUT2D eigenvalue weighted by atomic mass is 19.1. The minimum atomic E-state index is -0.323. The van der Waals surface area contributed by atoms with Gasteiger partial charge in [-0.05, 0) is 42.3 Å². The minimum Gasteiger partial charge on any atom is -0.349 e. The second kappa shape index (κ2) is 6.08. The number of carbonyl (C=O) groups excluding carboxylic acids is 1. The van der Waals surface area contributed by atoms with E-state index in [0.29, 0.717) is 5.52 Å². The van der Waals surface area contributed by atoms with E-state index in [1.165, 1.54) is 12.1 Å². The van der Waals surface area contributed by atoms with Crippen LogP contribution >= 0.6 is 0 Å². The molecule has 0 spiro atoms. The summed E-state index contributed by atoms with van der Waals surface area (Å²) >= 11 is 0. The molecule has 1 amide bonds. The summed E-state index contributed by atoms with van der Waals surface area (Å²) in [5, 5.41) is 2.90. The van der Waals surface area contributed by atoms with Crippen LogP contribution in [0.2, 0.25) is 0 Å². The highest BCUT2D eigenvalue weighted by Gasteiger charge is 2.11. The minimum absolute atomic E-state index is 0.147. The first kappa shape index (κ1) is 15.0. The molecule has 118 valence electrons. The van der Waals surface area contributed by atoms with Crippen molar-refractivity contribution in [1.29, 1.82) is 0 Å². The summed E-state index contributed by atoms with van der Waals surface area (Å²) in [6.45, 7) is 1.87. The number of nitrogens with one attached hydrogen (secondary N) is 3. The van der Waals surface area contributed by atoms with E-state index in [4.69, 9.17) is 0 Å². The van der Waals surface area contributed by atoms with Crippen LogP contribution in [-0.2, 0) is 11.2 Å². The van der Waals surface area contributed by atoms with Crippen LogP contribution in [0.15, 0.2) is 47.3 Å². The first-order chi connectivity index (χ1) is 11.0. The van der Waals surface area contributed by atoms with Gasteiger partial charge in [-0.3, -0.25) is 4.79 Å². The zero-order valence-electron chi connectivity index (χ0n) is 12.5. The SMILES string of the molecule is C[C@@H](NC(=O)Cc1ccc(F)cc1)c1ccc2[nH]c(=O)[nH]c2c1. The molecule has 0 aliphatic carbocycles. The number of rotatable bonds is 4. The molecule has 23 heavy (non-hydrogen) atoms. The molecule has 3 aromatic rings. The van der Waals surface area contributed by atoms with Crippen LogP contribution in [0, 0.1) is 5.82 Å². The molecule has 0 aliphatic heterocycles. The number of halogens is 1. The van der Waals surface area contributed by atoms with Crippen LogP contribution in [0.4, 0.5) is 4.39 Å². The Morgan fingerprint density at radius 3 is 2.57 bits per heavy atom. The van der Waals surface area contributed by atoms with Gasteiger partial charge in [0.1, 0.15) is 5.82 Å². The normalized spacial score (nSPS) is 12.3. The van der Waals surface area contributed by atoms with Crippen molar-refractivity contribution in [3.63, 3.8) is 0 Å². The molecule has 6 heteroatoms. The van der Waals surface area contributed by atoms with E-state index in [1.54, 1.807) is 18.2 Å². The maximum Gasteiger partial charge on any atom is 0.323 e. The monoisotopic (exact) mass is 313 g/mol. The summed E-state index contributed by atoms with van der Waals surface area (Å²) < 4.78 is 12.9. The Morgan fingerprint density at radius 1 is 1.13 bits per heavy atom. The number of H-pyrrole nitrogens is 2. The molecule has 3 N–H and O–H groups in total. The molecule has 0 aliphatic rings. The summed E-state index contributed by atoms with van der Waals surface area (Å²) in [6.07, 6.45) is 0.188. The van der Waals surface area contributed by atoms with Gasteiger partial charge >= 0.3 is 5.69 Å². The molecule has 0 fully saturated rings. The van der Waals surface area contributed by atoms with Gasteiger partial charge in [-0.2, -0.15) is 0 Å². The third-order valence-electron chi connectivity index (χ3n) is 3.70. The molecular weight excluding hydrogens is 297 g/mol. The third kappa shape index (κ3) is 3.48. The van der Waals surface area contributed by atoms with Gasteiger partial charge in [0, 0.05) is 0 Å². The van der Waals surface area contributed by atoms with E-state index in [-0.39, 0.29) is 29.9 Å². The van der Waals surface area contributed by atoms with Gasteiger partial charge in [0.25, 0.3) is 0 Å². The number of imidazole rings is 1. The zero-order chi connectivity index (χ0) is 16.4. The fourth-order valence-electron chi connectivity index (χ4n) is 2.48. The molecule has 0 saturated carbocycles. The second-order valence-electron chi connectivity index (χ2n) is 5.48. The lowest BCUT2D eigenvalue weighted by Gasteiger charge is -2.14. The van der Waals surface area contributed by atoms with Crippen molar-refractivity contribution in [2.45, 2.75) is 19.4 Å². The number of amides is 1. The fourth-order valence-corrected chi connectivity index (χ4v) is 2.48. The van der Waals surface area contributed by atoms with Crippen molar-refractivity contribution < 1.29 is 9.18 Å². The first-order valence-electron chi connectivity index (χ1n) is 7.27. The zero-order valence-corrected chi connectivity index (χ0v) is 12.5. The van der Waals surface area contributed by atoms with E-state index in [9.17, 15) is 14.0 Å². The van der Waals surface area contributed by atoms with Crippen molar-refractivity contribution in [3.8, 4) is 0 Å². The number of hydrogen-bond donors (Lipinski definition) is 3. The highest BCUT2D eigenvalue weighted by Crippen LogP contribution is 2.17. The lowest BCUT2D eigenvalue weighted by Crippen LogP contribution is -2.28. The first-order valence-corrected chi connectivity index (χ1v) is 7.27. The molecule has 0 unspecified atom stereocenters. The number of carbonyl (C=O) groups is 1. The van der Waals surface area contributed by atoms with Crippen molar-refractivity contribution in [2.24, 2.45) is 0 Å². The molecule has 0 bridgehead atoms. The van der Waals surface area contributed by atoms with Crippen molar-refractivity contribution in [2.75, 3.05) is 0 Å². The Hall–Kier alpha value is -2.89. The maximum absolute atomic E-state index is 12.9. The van der Waals surface area contributed by atoms with E-state index >= 15 is 0 Å². The number of aromatic nitrogens is 2. The Balaban J connectivity index is 1.69. The number of hydrogen-bond acceptors (Lipinski definition) is 2. The van der Waals surface area contributed by atoms with Gasteiger partial charge in [0.15, 0.2) is 0 Å². The predicted octanol–water partition coefficient (Wildman–Crippen LogP) is 2.42. The van der Waals surface area contributed by atoms with Gasteiger partial charge < -0.3 is 15.3 Å². The van der Waals surface area contributed by atoms with Crippen LogP contribution in [0.1, 0.15) is 24.1 Å². The maximum atomic E-state index is 12.9. The van der Waals surface area contributed by atoms with Gasteiger partial charge in [-0.15, -0.1) is 0 Å². The molecule has 2 aromatic carbocycles. The molecule has 1 heterocycles. The largest absolute Gasteiger partial charge is 0.349 e. The van der Waals surface area contributed by atoms with Gasteiger partial charge in [0.05, 0.1) is 23.5 Å². The molecule has 3 rings (SSSR count). The smallest absolute Gasteiger partial charge is 0.323 e. The average Bonchev–Trinajstić information content (AvgIpc) is 2.88. The second-order valence-corrected chi connectivity index (χ2v) is 5.48. The number of fused-ring (bicyclic) bond motifs is 1. The van der Waals surface area contributed by atoms with Crippen LogP contribution < -0.4 is 11.0 Å². The highest BCUT2D eigenvalue weighted by molar-refractivity contribution is 5.79. The summed E-state index contributed by atoms with van der Waals surface area (Å²) in [6, 6.07) is 11.1. The lowest BCUT2D eigenvalue weighted by atomic mass is 10.1. The molecule has 1 aromatic heterocycles. The Labute approximate surface area is 131 Å². The van der Waals surface area contributed by atoms with E-state index in [2.05, 4.69) is 15.3 Å². The predicted molar refractivity (Wildman–Crippen MR) is 85.6 cm³/mol. The molecule has 0 radical (unpaired) electrons. The number of benzene rings is 2. The number of aromatic amines is 2. The summed E-state index contributed by atoms with van der Waals surface area (Å²) in [5.41, 5.74) is 2.81. The molecule has 5 nitrogen and oxygen atoms in total. The molecule has 1 atom stereocenters. The summed E-state index contributed by atoms with van der Waals surface area (Å²) in [5.74, 6) is -0.469. The van der Waals surface area contributed by atoms with Gasteiger partial charge in [0.2, 0.25) is 5.91 Å². The van der Waals surface area contributed by atoms with E-state index < -0.39 is 0 Å². The average molecular weight is 313 g/mol. The third-order valence-corrected chi connectivity index (χ3v) is 3.70. The summed E-state index contributed by atoms with van der Waals surface area (Å²) in [7, 11) is 0. The summed E-state index contributed by atoms with van der Waals surface area (Å²) in [4.78, 5) is 28.7. The van der Waals surface area contributed by atoms with Crippen molar-refractivity contribution in [3.05, 3.63) is 69.9 Å². The van der Waals surface area contributed by atoms with Crippen LogP contribution in [0.3, 0.4) is 0 Å².